The summed E-state index contributed by atoms with van der Waals surface area (Å²) in [4.78, 5) is 20.9. The molecule has 1 saturated heterocycles. The van der Waals surface area contributed by atoms with Crippen LogP contribution in [0.15, 0.2) is 54.7 Å². The van der Waals surface area contributed by atoms with Gasteiger partial charge in [0.2, 0.25) is 0 Å². The highest BCUT2D eigenvalue weighted by Crippen LogP contribution is 2.35. The Balaban J connectivity index is 1.57. The zero-order valence-corrected chi connectivity index (χ0v) is 20.0. The Morgan fingerprint density at radius 3 is 2.59 bits per heavy atom. The minimum atomic E-state index is -0.417. The molecule has 34 heavy (non-hydrogen) atoms. The van der Waals surface area contributed by atoms with E-state index in [1.165, 1.54) is 6.07 Å². The zero-order valence-electron chi connectivity index (χ0n) is 18.5. The van der Waals surface area contributed by atoms with Crippen molar-refractivity contribution in [2.24, 2.45) is 0 Å². The maximum atomic E-state index is 14.8. The third-order valence-electron chi connectivity index (χ3n) is 5.72. The van der Waals surface area contributed by atoms with Gasteiger partial charge in [-0.05, 0) is 67.8 Å². The summed E-state index contributed by atoms with van der Waals surface area (Å²) >= 11 is 12.7. The number of hydrogen-bond donors (Lipinski definition) is 2. The van der Waals surface area contributed by atoms with Crippen LogP contribution in [0.2, 0.25) is 10.0 Å². The molecular weight excluding hydrogens is 478 g/mol. The highest BCUT2D eigenvalue weighted by molar-refractivity contribution is 6.35. The summed E-state index contributed by atoms with van der Waals surface area (Å²) in [7, 11) is 0. The molecular formula is C25H25Cl2FN4O2. The fraction of sp³-hybridized carbons (Fsp3) is 0.280. The first kappa shape index (κ1) is 24.3. The first-order chi connectivity index (χ1) is 16.5. The number of aliphatic hydroxyl groups is 1. The molecule has 0 unspecified atom stereocenters. The van der Waals surface area contributed by atoms with Crippen LogP contribution in [0, 0.1) is 5.82 Å². The molecule has 6 nitrogen and oxygen atoms in total. The number of benzene rings is 2. The van der Waals surface area contributed by atoms with Crippen LogP contribution in [-0.4, -0.2) is 42.2 Å². The van der Waals surface area contributed by atoms with Gasteiger partial charge in [-0.3, -0.25) is 4.79 Å². The number of hydrogen-bond acceptors (Lipinski definition) is 5. The fourth-order valence-corrected chi connectivity index (χ4v) is 4.50. The maximum absolute atomic E-state index is 14.8. The minimum Gasteiger partial charge on any atom is -0.395 e. The Kier molecular flexibility index (Phi) is 7.88. The molecule has 9 heteroatoms. The monoisotopic (exact) mass is 502 g/mol. The van der Waals surface area contributed by atoms with E-state index >= 15 is 0 Å². The minimum absolute atomic E-state index is 0.171. The summed E-state index contributed by atoms with van der Waals surface area (Å²) in [6.45, 7) is 1.66. The molecule has 3 aromatic rings. The number of amides is 1. The maximum Gasteiger partial charge on any atom is 0.255 e. The summed E-state index contributed by atoms with van der Waals surface area (Å²) in [5.41, 5.74) is 1.70. The first-order valence-electron chi connectivity index (χ1n) is 11.1. The highest BCUT2D eigenvalue weighted by Gasteiger charge is 2.20. The molecule has 1 aliphatic heterocycles. The van der Waals surface area contributed by atoms with Crippen LogP contribution in [0.3, 0.4) is 0 Å². The van der Waals surface area contributed by atoms with Gasteiger partial charge >= 0.3 is 0 Å². The van der Waals surface area contributed by atoms with E-state index in [0.29, 0.717) is 38.5 Å². The van der Waals surface area contributed by atoms with Gasteiger partial charge in [0.15, 0.2) is 5.82 Å². The molecule has 0 spiro atoms. The number of nitrogens with zero attached hydrogens (tertiary/aromatic N) is 3. The van der Waals surface area contributed by atoms with Crippen molar-refractivity contribution in [1.29, 1.82) is 0 Å². The second-order valence-electron chi connectivity index (χ2n) is 8.02. The smallest absolute Gasteiger partial charge is 0.255 e. The van der Waals surface area contributed by atoms with Crippen molar-refractivity contribution in [3.63, 3.8) is 0 Å². The molecule has 2 aromatic carbocycles. The summed E-state index contributed by atoms with van der Waals surface area (Å²) in [6, 6.07) is 12.9. The SMILES string of the molecule is O=C(Nc1ccc(N2CCCCC2)c(F)c1)c1ccc(Cl)c(N(CCO)c2ncccc2Cl)c1. The zero-order chi connectivity index (χ0) is 24.1. The predicted octanol–water partition coefficient (Wildman–Crippen LogP) is 5.90. The lowest BCUT2D eigenvalue weighted by Crippen LogP contribution is -2.30. The van der Waals surface area contributed by atoms with E-state index in [1.807, 2.05) is 4.90 Å². The Labute approximate surface area is 207 Å². The number of halogens is 3. The van der Waals surface area contributed by atoms with Crippen molar-refractivity contribution in [1.82, 2.24) is 4.98 Å². The fourth-order valence-electron chi connectivity index (χ4n) is 4.06. The molecule has 2 heterocycles. The lowest BCUT2D eigenvalue weighted by molar-refractivity contribution is 0.102. The number of aliphatic hydroxyl groups excluding tert-OH is 1. The number of piperidine rings is 1. The Bertz CT molecular complexity index is 1170. The molecule has 2 N–H and O–H groups in total. The van der Waals surface area contributed by atoms with Crippen LogP contribution < -0.4 is 15.1 Å². The van der Waals surface area contributed by atoms with Gasteiger partial charge in [0.05, 0.1) is 28.0 Å². The number of nitrogens with one attached hydrogen (secondary N) is 1. The van der Waals surface area contributed by atoms with Crippen LogP contribution >= 0.6 is 23.2 Å². The molecule has 1 aliphatic rings. The van der Waals surface area contributed by atoms with Gasteiger partial charge in [-0.25, -0.2) is 9.37 Å². The summed E-state index contributed by atoms with van der Waals surface area (Å²) in [5.74, 6) is -0.373. The standard InChI is InChI=1S/C25H25Cl2FN4O2/c26-19-8-6-17(15-23(19)32(13-14-33)24-20(27)5-4-10-29-24)25(34)30-18-7-9-22(21(28)16-18)31-11-2-1-3-12-31/h4-10,15-16,33H,1-3,11-14H2,(H,30,34). The molecule has 0 atom stereocenters. The normalized spacial score (nSPS) is 13.6. The molecule has 0 aliphatic carbocycles. The van der Waals surface area contributed by atoms with Crippen molar-refractivity contribution >= 4 is 52.0 Å². The molecule has 0 saturated carbocycles. The van der Waals surface area contributed by atoms with Crippen LogP contribution in [0.1, 0.15) is 29.6 Å². The van der Waals surface area contributed by atoms with E-state index in [-0.39, 0.29) is 19.0 Å². The van der Waals surface area contributed by atoms with Gasteiger partial charge in [-0.2, -0.15) is 0 Å². The highest BCUT2D eigenvalue weighted by atomic mass is 35.5. The number of aromatic nitrogens is 1. The summed E-state index contributed by atoms with van der Waals surface area (Å²) in [6.07, 6.45) is 4.84. The van der Waals surface area contributed by atoms with Gasteiger partial charge in [0.25, 0.3) is 5.91 Å². The van der Waals surface area contributed by atoms with Crippen molar-refractivity contribution in [3.05, 3.63) is 76.2 Å². The summed E-state index contributed by atoms with van der Waals surface area (Å²) in [5, 5.41) is 13.1. The number of carbonyl (C=O) groups excluding carboxylic acids is 1. The number of anilines is 4. The average Bonchev–Trinajstić information content (AvgIpc) is 2.84. The number of pyridine rings is 1. The van der Waals surface area contributed by atoms with Gasteiger partial charge < -0.3 is 20.2 Å². The first-order valence-corrected chi connectivity index (χ1v) is 11.9. The molecule has 1 amide bonds. The largest absolute Gasteiger partial charge is 0.395 e. The van der Waals surface area contributed by atoms with E-state index in [0.717, 1.165) is 32.4 Å². The molecule has 0 bridgehead atoms. The van der Waals surface area contributed by atoms with Crippen LogP contribution in [0.25, 0.3) is 0 Å². The van der Waals surface area contributed by atoms with E-state index in [4.69, 9.17) is 23.2 Å². The lowest BCUT2D eigenvalue weighted by Gasteiger charge is -2.29. The predicted molar refractivity (Wildman–Crippen MR) is 135 cm³/mol. The van der Waals surface area contributed by atoms with Crippen molar-refractivity contribution in [2.75, 3.05) is 41.4 Å². The molecule has 1 aromatic heterocycles. The van der Waals surface area contributed by atoms with E-state index < -0.39 is 5.91 Å². The van der Waals surface area contributed by atoms with Crippen molar-refractivity contribution in [3.8, 4) is 0 Å². The van der Waals surface area contributed by atoms with Gasteiger partial charge in [0, 0.05) is 37.1 Å². The third kappa shape index (κ3) is 5.43. The van der Waals surface area contributed by atoms with E-state index in [1.54, 1.807) is 53.6 Å². The Morgan fingerprint density at radius 2 is 1.88 bits per heavy atom. The lowest BCUT2D eigenvalue weighted by atomic mass is 10.1. The van der Waals surface area contributed by atoms with Crippen molar-refractivity contribution in [2.45, 2.75) is 19.3 Å². The molecule has 1 fully saturated rings. The number of rotatable bonds is 7. The molecule has 0 radical (unpaired) electrons. The second-order valence-corrected chi connectivity index (χ2v) is 8.83. The summed E-state index contributed by atoms with van der Waals surface area (Å²) < 4.78 is 14.8. The van der Waals surface area contributed by atoms with E-state index in [2.05, 4.69) is 10.3 Å². The Hall–Kier alpha value is -2.87. The average molecular weight is 503 g/mol. The molecule has 178 valence electrons. The quantitative estimate of drug-likeness (QED) is 0.420. The number of carbonyl (C=O) groups is 1. The van der Waals surface area contributed by atoms with Crippen molar-refractivity contribution < 1.29 is 14.3 Å². The van der Waals surface area contributed by atoms with E-state index in [9.17, 15) is 14.3 Å². The van der Waals surface area contributed by atoms with Crippen LogP contribution in [-0.2, 0) is 0 Å². The Morgan fingerprint density at radius 1 is 1.09 bits per heavy atom. The molecule has 4 rings (SSSR count). The van der Waals surface area contributed by atoms with Crippen LogP contribution in [0.5, 0.6) is 0 Å². The van der Waals surface area contributed by atoms with Gasteiger partial charge in [0.1, 0.15) is 5.82 Å². The third-order valence-corrected chi connectivity index (χ3v) is 6.33. The topological polar surface area (TPSA) is 68.7 Å². The second kappa shape index (κ2) is 11.0. The van der Waals surface area contributed by atoms with Gasteiger partial charge in [-0.1, -0.05) is 23.2 Å². The van der Waals surface area contributed by atoms with Gasteiger partial charge in [-0.15, -0.1) is 0 Å². The van der Waals surface area contributed by atoms with Crippen LogP contribution in [0.4, 0.5) is 27.3 Å².